The van der Waals surface area contributed by atoms with E-state index in [4.69, 9.17) is 16.0 Å². The first-order valence-corrected chi connectivity index (χ1v) is 8.03. The zero-order valence-corrected chi connectivity index (χ0v) is 14.7. The molecule has 1 heterocycles. The minimum atomic E-state index is -1.88. The molecule has 0 saturated carbocycles. The molecule has 1 saturated heterocycles. The fourth-order valence-corrected chi connectivity index (χ4v) is 2.51. The van der Waals surface area contributed by atoms with Crippen LogP contribution >= 0.6 is 0 Å². The van der Waals surface area contributed by atoms with Crippen molar-refractivity contribution in [1.82, 2.24) is 10.6 Å². The fraction of sp³-hybridized carbons (Fsp3) is 0.800. The molecule has 0 aromatic carbocycles. The van der Waals surface area contributed by atoms with E-state index < -0.39 is 67.5 Å². The van der Waals surface area contributed by atoms with Crippen LogP contribution < -0.4 is 10.6 Å². The third-order valence-electron chi connectivity index (χ3n) is 3.96. The van der Waals surface area contributed by atoms with Gasteiger partial charge in [0.15, 0.2) is 12.4 Å². The Hall–Kier alpha value is -1.63. The van der Waals surface area contributed by atoms with Crippen LogP contribution in [0.3, 0.4) is 0 Å². The van der Waals surface area contributed by atoms with Crippen LogP contribution in [0.4, 0.5) is 0 Å². The third kappa shape index (κ3) is 5.43. The zero-order chi connectivity index (χ0) is 20.9. The Labute approximate surface area is 151 Å². The van der Waals surface area contributed by atoms with Crippen molar-refractivity contribution in [3.63, 3.8) is 0 Å². The van der Waals surface area contributed by atoms with Gasteiger partial charge in [0, 0.05) is 0 Å². The summed E-state index contributed by atoms with van der Waals surface area (Å²) in [5.41, 5.74) is 0. The lowest BCUT2D eigenvalue weighted by Crippen LogP contribution is -2.61. The lowest BCUT2D eigenvalue weighted by Gasteiger charge is -2.38. The van der Waals surface area contributed by atoms with Crippen molar-refractivity contribution in [2.45, 2.75) is 56.6 Å². The summed E-state index contributed by atoms with van der Waals surface area (Å²) in [4.78, 5) is 34.7. The van der Waals surface area contributed by atoms with E-state index in [1.54, 1.807) is 20.9 Å². The number of aliphatic carboxylic acids is 1. The number of carbonyl (C=O) groups excluding carboxylic acids is 2. The number of aliphatic hydroxyl groups excluding tert-OH is 3. The maximum absolute atomic E-state index is 12.2. The Morgan fingerprint density at radius 3 is 2.35 bits per heavy atom. The Bertz CT molecular complexity index is 547. The van der Waals surface area contributed by atoms with Crippen molar-refractivity contribution in [3.05, 3.63) is 0 Å². The number of carboxylic acid groups (broad SMARTS) is 1. The van der Waals surface area contributed by atoms with Gasteiger partial charge < -0.3 is 45.3 Å². The Balaban J connectivity index is 2.77. The second kappa shape index (κ2) is 9.90. The molecular weight excluding hydrogens is 352 g/mol. The number of hydrogen-bond acceptors (Lipinski definition) is 9. The van der Waals surface area contributed by atoms with Gasteiger partial charge in [-0.1, -0.05) is 13.8 Å². The predicted octanol–water partition coefficient (Wildman–Crippen LogP) is -3.18. The molecule has 11 nitrogen and oxygen atoms in total. The molecule has 1 amide bonds. The third-order valence-corrected chi connectivity index (χ3v) is 3.96. The van der Waals surface area contributed by atoms with E-state index in [-0.39, 0.29) is 5.92 Å². The van der Waals surface area contributed by atoms with E-state index >= 15 is 0 Å². The van der Waals surface area contributed by atoms with Crippen LogP contribution in [0.2, 0.25) is 0 Å². The topological polar surface area (TPSA) is 175 Å². The summed E-state index contributed by atoms with van der Waals surface area (Å²) >= 11 is 0. The number of amides is 1. The molecule has 1 aliphatic heterocycles. The van der Waals surface area contributed by atoms with Gasteiger partial charge >= 0.3 is 5.97 Å². The second-order valence-corrected chi connectivity index (χ2v) is 6.26. The molecule has 150 valence electrons. The molecule has 11 heteroatoms. The van der Waals surface area contributed by atoms with Gasteiger partial charge in [0.2, 0.25) is 5.91 Å². The summed E-state index contributed by atoms with van der Waals surface area (Å²) in [5.74, 6) is -2.24. The van der Waals surface area contributed by atoms with Gasteiger partial charge in [-0.05, 0) is 13.0 Å². The van der Waals surface area contributed by atoms with E-state index in [1.807, 2.05) is 0 Å². The molecular formula is C15H26N2O9. The second-order valence-electron chi connectivity index (χ2n) is 6.26. The first-order chi connectivity index (χ1) is 12.5. The van der Waals surface area contributed by atoms with Crippen LogP contribution in [0.1, 0.15) is 15.2 Å². The van der Waals surface area contributed by atoms with Gasteiger partial charge in [0.1, 0.15) is 32.0 Å². The van der Waals surface area contributed by atoms with Gasteiger partial charge in [0.05, 0.1) is 12.6 Å². The van der Waals surface area contributed by atoms with Crippen LogP contribution in [-0.2, 0) is 23.9 Å². The van der Waals surface area contributed by atoms with Crippen molar-refractivity contribution < 1.29 is 45.7 Å². The summed E-state index contributed by atoms with van der Waals surface area (Å²) < 4.78 is 17.3. The van der Waals surface area contributed by atoms with Gasteiger partial charge in [-0.3, -0.25) is 4.79 Å². The van der Waals surface area contributed by atoms with E-state index in [1.165, 1.54) is 0 Å². The van der Waals surface area contributed by atoms with Crippen LogP contribution in [0.5, 0.6) is 0 Å². The van der Waals surface area contributed by atoms with Crippen LogP contribution in [0, 0.1) is 5.92 Å². The first kappa shape index (κ1) is 20.7. The molecule has 0 radical (unpaired) electrons. The maximum atomic E-state index is 12.2. The molecule has 26 heavy (non-hydrogen) atoms. The molecule has 6 N–H and O–H groups in total. The molecule has 7 atom stereocenters. The number of nitrogens with one attached hydrogen (secondary N) is 2. The molecule has 7 unspecified atom stereocenters. The first-order valence-electron chi connectivity index (χ1n) is 8.53. The van der Waals surface area contributed by atoms with E-state index in [0.717, 1.165) is 0 Å². The highest BCUT2D eigenvalue weighted by atomic mass is 16.7. The molecule has 0 spiro atoms. The lowest BCUT2D eigenvalue weighted by molar-refractivity contribution is -0.294. The summed E-state index contributed by atoms with van der Waals surface area (Å²) in [6.45, 7) is 2.94. The van der Waals surface area contributed by atoms with E-state index in [2.05, 4.69) is 10.6 Å². The summed E-state index contributed by atoms with van der Waals surface area (Å²) in [5, 5.41) is 43.2. The molecule has 0 bridgehead atoms. The monoisotopic (exact) mass is 379 g/mol. The van der Waals surface area contributed by atoms with Crippen LogP contribution in [0.15, 0.2) is 0 Å². The Morgan fingerprint density at radius 2 is 1.88 bits per heavy atom. The minimum Gasteiger partial charge on any atom is -0.479 e. The maximum Gasteiger partial charge on any atom is 0.335 e. The van der Waals surface area contributed by atoms with Crippen molar-refractivity contribution in [2.75, 3.05) is 13.7 Å². The highest BCUT2D eigenvalue weighted by molar-refractivity contribution is 5.84. The number of rotatable bonds is 9. The summed E-state index contributed by atoms with van der Waals surface area (Å²) in [6, 6.07) is -2.04. The van der Waals surface area contributed by atoms with Crippen LogP contribution in [-0.4, -0.2) is 95.0 Å². The van der Waals surface area contributed by atoms with Crippen molar-refractivity contribution in [3.8, 4) is 0 Å². The number of carbonyl (C=O) groups is 3. The smallest absolute Gasteiger partial charge is 0.335 e. The average Bonchev–Trinajstić information content (AvgIpc) is 2.57. The fourth-order valence-electron chi connectivity index (χ4n) is 2.51. The zero-order valence-electron chi connectivity index (χ0n) is 15.7. The SMILES string of the molecule is [2H]C(=O)C(COC1OC(C(=O)O)C(O)C(O)C1O)NC(=O)C(NC)C(C)C. The number of ether oxygens (including phenoxy) is 2. The van der Waals surface area contributed by atoms with Gasteiger partial charge in [-0.25, -0.2) is 4.79 Å². The molecule has 1 aliphatic rings. The molecule has 1 rings (SSSR count). The van der Waals surface area contributed by atoms with Crippen molar-refractivity contribution >= 4 is 18.1 Å². The van der Waals surface area contributed by atoms with Gasteiger partial charge in [-0.15, -0.1) is 0 Å². The van der Waals surface area contributed by atoms with Gasteiger partial charge in [0.25, 0.3) is 0 Å². The summed E-state index contributed by atoms with van der Waals surface area (Å²) in [7, 11) is 1.56. The van der Waals surface area contributed by atoms with E-state index in [0.29, 0.717) is 0 Å². The molecule has 0 aromatic heterocycles. The van der Waals surface area contributed by atoms with Crippen molar-refractivity contribution in [1.29, 1.82) is 0 Å². The standard InChI is InChI=1S/C15H26N2O9/c1-6(2)8(16-3)13(22)17-7(4-18)5-25-15-11(21)9(19)10(20)12(26-15)14(23)24/h4,6-12,15-16,19-21H,5H2,1-3H3,(H,17,22)(H,23,24)/i4D. The number of likely N-dealkylation sites (N-methyl/N-ethyl adjacent to an activating group) is 1. The number of aldehydes is 1. The number of aliphatic hydroxyl groups is 3. The summed E-state index contributed by atoms with van der Waals surface area (Å²) in [6.07, 6.45) is -10.3. The molecule has 1 fully saturated rings. The normalized spacial score (nSPS) is 31.8. The molecule has 0 aromatic rings. The number of hydrogen-bond donors (Lipinski definition) is 6. The molecule has 0 aliphatic carbocycles. The quantitative estimate of drug-likeness (QED) is 0.224. The minimum absolute atomic E-state index is 0.103. The van der Waals surface area contributed by atoms with E-state index in [9.17, 15) is 29.7 Å². The predicted molar refractivity (Wildman–Crippen MR) is 85.9 cm³/mol. The van der Waals surface area contributed by atoms with Gasteiger partial charge in [-0.2, -0.15) is 0 Å². The number of carboxylic acids is 1. The Morgan fingerprint density at radius 1 is 1.27 bits per heavy atom. The highest BCUT2D eigenvalue weighted by Crippen LogP contribution is 2.22. The lowest BCUT2D eigenvalue weighted by atomic mass is 9.99. The Kier molecular flexibility index (Phi) is 7.87. The average molecular weight is 379 g/mol. The van der Waals surface area contributed by atoms with Crippen molar-refractivity contribution in [2.24, 2.45) is 5.92 Å². The highest BCUT2D eigenvalue weighted by Gasteiger charge is 2.47. The van der Waals surface area contributed by atoms with Crippen LogP contribution in [0.25, 0.3) is 0 Å². The largest absolute Gasteiger partial charge is 0.479 e.